The molecule has 0 unspecified atom stereocenters. The highest BCUT2D eigenvalue weighted by molar-refractivity contribution is 7.14. The maximum absolute atomic E-state index is 6.04. The molecule has 3 rings (SSSR count). The lowest BCUT2D eigenvalue weighted by Gasteiger charge is -1.97. The third-order valence-corrected chi connectivity index (χ3v) is 3.75. The molecule has 0 atom stereocenters. The standard InChI is InChI=1S/C11H6Cl2N4OS/c12-5-3-6(13)8(15-4-5)10-16-11(18-17-10)9-7(14)1-2-19-9/h1-4H,14H2. The molecule has 2 N–H and O–H groups in total. The summed E-state index contributed by atoms with van der Waals surface area (Å²) in [5.74, 6) is 0.639. The third kappa shape index (κ3) is 2.30. The van der Waals surface area contributed by atoms with E-state index >= 15 is 0 Å². The first-order chi connectivity index (χ1) is 9.15. The summed E-state index contributed by atoms with van der Waals surface area (Å²) >= 11 is 13.2. The molecule has 3 aromatic heterocycles. The Morgan fingerprint density at radius 2 is 2.16 bits per heavy atom. The Kier molecular flexibility index (Phi) is 3.14. The van der Waals surface area contributed by atoms with Crippen molar-refractivity contribution in [1.82, 2.24) is 15.1 Å². The van der Waals surface area contributed by atoms with Gasteiger partial charge in [0.05, 0.1) is 15.7 Å². The predicted octanol–water partition coefficient (Wildman–Crippen LogP) is 3.75. The summed E-state index contributed by atoms with van der Waals surface area (Å²) in [6.07, 6.45) is 1.47. The van der Waals surface area contributed by atoms with E-state index in [1.807, 2.05) is 5.38 Å². The SMILES string of the molecule is Nc1ccsc1-c1nc(-c2ncc(Cl)cc2Cl)no1. The Hall–Kier alpha value is -1.63. The number of rotatable bonds is 2. The van der Waals surface area contributed by atoms with Gasteiger partial charge < -0.3 is 10.3 Å². The Balaban J connectivity index is 2.04. The van der Waals surface area contributed by atoms with E-state index in [0.29, 0.717) is 33.1 Å². The highest BCUT2D eigenvalue weighted by Crippen LogP contribution is 2.32. The third-order valence-electron chi connectivity index (χ3n) is 2.34. The number of thiophene rings is 1. The van der Waals surface area contributed by atoms with Crippen LogP contribution in [0.25, 0.3) is 22.3 Å². The van der Waals surface area contributed by atoms with Crippen molar-refractivity contribution in [3.63, 3.8) is 0 Å². The number of hydrogen-bond acceptors (Lipinski definition) is 6. The highest BCUT2D eigenvalue weighted by atomic mass is 35.5. The number of nitrogens with two attached hydrogens (primary N) is 1. The zero-order valence-electron chi connectivity index (χ0n) is 9.30. The van der Waals surface area contributed by atoms with E-state index in [9.17, 15) is 0 Å². The van der Waals surface area contributed by atoms with Gasteiger partial charge in [0.25, 0.3) is 5.89 Å². The molecule has 0 fully saturated rings. The van der Waals surface area contributed by atoms with Gasteiger partial charge in [-0.15, -0.1) is 11.3 Å². The molecular weight excluding hydrogens is 307 g/mol. The maximum Gasteiger partial charge on any atom is 0.270 e. The van der Waals surface area contributed by atoms with E-state index in [4.69, 9.17) is 33.5 Å². The van der Waals surface area contributed by atoms with Crippen molar-refractivity contribution in [3.8, 4) is 22.3 Å². The van der Waals surface area contributed by atoms with Crippen LogP contribution in [0, 0.1) is 0 Å². The second-order valence-corrected chi connectivity index (χ2v) is 5.37. The van der Waals surface area contributed by atoms with Crippen LogP contribution in [-0.2, 0) is 0 Å². The molecule has 0 aliphatic heterocycles. The second-order valence-electron chi connectivity index (χ2n) is 3.61. The van der Waals surface area contributed by atoms with Gasteiger partial charge in [-0.1, -0.05) is 28.4 Å². The maximum atomic E-state index is 6.04. The Morgan fingerprint density at radius 3 is 2.84 bits per heavy atom. The molecule has 0 radical (unpaired) electrons. The van der Waals surface area contributed by atoms with Crippen LogP contribution in [0.3, 0.4) is 0 Å². The molecule has 96 valence electrons. The van der Waals surface area contributed by atoms with Gasteiger partial charge in [0.2, 0.25) is 5.82 Å². The molecule has 3 aromatic rings. The molecule has 0 amide bonds. The van der Waals surface area contributed by atoms with Crippen LogP contribution in [0.5, 0.6) is 0 Å². The molecule has 5 nitrogen and oxygen atoms in total. The summed E-state index contributed by atoms with van der Waals surface area (Å²) in [5, 5.41) is 6.50. The summed E-state index contributed by atoms with van der Waals surface area (Å²) < 4.78 is 5.17. The fourth-order valence-corrected chi connectivity index (χ4v) is 2.69. The lowest BCUT2D eigenvalue weighted by Crippen LogP contribution is -1.88. The summed E-state index contributed by atoms with van der Waals surface area (Å²) in [6, 6.07) is 3.35. The number of nitrogen functional groups attached to an aromatic ring is 1. The first kappa shape index (κ1) is 12.4. The molecule has 19 heavy (non-hydrogen) atoms. The van der Waals surface area contributed by atoms with Crippen LogP contribution in [0.1, 0.15) is 0 Å². The monoisotopic (exact) mass is 312 g/mol. The van der Waals surface area contributed by atoms with Crippen molar-refractivity contribution in [3.05, 3.63) is 33.8 Å². The molecule has 0 saturated carbocycles. The number of aromatic nitrogens is 3. The lowest BCUT2D eigenvalue weighted by molar-refractivity contribution is 0.433. The number of nitrogens with zero attached hydrogens (tertiary/aromatic N) is 3. The smallest absolute Gasteiger partial charge is 0.270 e. The molecule has 0 bridgehead atoms. The highest BCUT2D eigenvalue weighted by Gasteiger charge is 2.17. The molecule has 0 aliphatic carbocycles. The number of anilines is 1. The topological polar surface area (TPSA) is 77.8 Å². The van der Waals surface area contributed by atoms with Gasteiger partial charge in [-0.2, -0.15) is 4.98 Å². The largest absolute Gasteiger partial charge is 0.397 e. The van der Waals surface area contributed by atoms with Crippen molar-refractivity contribution in [2.75, 3.05) is 5.73 Å². The summed E-state index contributed by atoms with van der Waals surface area (Å²) in [4.78, 5) is 9.05. The molecule has 8 heteroatoms. The molecule has 0 aromatic carbocycles. The predicted molar refractivity (Wildman–Crippen MR) is 75.3 cm³/mol. The zero-order valence-corrected chi connectivity index (χ0v) is 11.6. The minimum atomic E-state index is 0.296. The molecule has 0 saturated heterocycles. The van der Waals surface area contributed by atoms with Crippen LogP contribution in [0.4, 0.5) is 5.69 Å². The second kappa shape index (κ2) is 4.80. The number of hydrogen-bond donors (Lipinski definition) is 1. The lowest BCUT2D eigenvalue weighted by atomic mass is 10.3. The van der Waals surface area contributed by atoms with Crippen molar-refractivity contribution in [1.29, 1.82) is 0 Å². The average molecular weight is 313 g/mol. The van der Waals surface area contributed by atoms with Crippen LogP contribution < -0.4 is 5.73 Å². The zero-order chi connectivity index (χ0) is 13.4. The Bertz CT molecular complexity index is 740. The summed E-state index contributed by atoms with van der Waals surface area (Å²) in [5.41, 5.74) is 6.80. The molecule has 3 heterocycles. The van der Waals surface area contributed by atoms with E-state index in [1.54, 1.807) is 12.1 Å². The minimum Gasteiger partial charge on any atom is -0.397 e. The van der Waals surface area contributed by atoms with Crippen molar-refractivity contribution in [2.45, 2.75) is 0 Å². The first-order valence-corrected chi connectivity index (χ1v) is 6.77. The number of halogens is 2. The van der Waals surface area contributed by atoms with E-state index in [-0.39, 0.29) is 0 Å². The average Bonchev–Trinajstić information content (AvgIpc) is 2.97. The van der Waals surface area contributed by atoms with Crippen LogP contribution >= 0.6 is 34.5 Å². The van der Waals surface area contributed by atoms with E-state index < -0.39 is 0 Å². The van der Waals surface area contributed by atoms with Crippen LogP contribution in [-0.4, -0.2) is 15.1 Å². The summed E-state index contributed by atoms with van der Waals surface area (Å²) in [7, 11) is 0. The van der Waals surface area contributed by atoms with E-state index in [2.05, 4.69) is 15.1 Å². The van der Waals surface area contributed by atoms with Crippen LogP contribution in [0.15, 0.2) is 28.2 Å². The Morgan fingerprint density at radius 1 is 1.32 bits per heavy atom. The van der Waals surface area contributed by atoms with Gasteiger partial charge in [-0.25, -0.2) is 4.98 Å². The van der Waals surface area contributed by atoms with Gasteiger partial charge in [0.15, 0.2) is 0 Å². The van der Waals surface area contributed by atoms with Crippen molar-refractivity contribution in [2.24, 2.45) is 0 Å². The van der Waals surface area contributed by atoms with Crippen molar-refractivity contribution >= 4 is 40.2 Å². The summed E-state index contributed by atoms with van der Waals surface area (Å²) in [6.45, 7) is 0. The van der Waals surface area contributed by atoms with E-state index in [1.165, 1.54) is 17.5 Å². The van der Waals surface area contributed by atoms with Gasteiger partial charge in [-0.3, -0.25) is 0 Å². The fraction of sp³-hybridized carbons (Fsp3) is 0. The molecule has 0 spiro atoms. The van der Waals surface area contributed by atoms with Gasteiger partial charge in [-0.05, 0) is 17.5 Å². The quantitative estimate of drug-likeness (QED) is 0.779. The van der Waals surface area contributed by atoms with E-state index in [0.717, 1.165) is 4.88 Å². The van der Waals surface area contributed by atoms with Crippen LogP contribution in [0.2, 0.25) is 10.0 Å². The first-order valence-electron chi connectivity index (χ1n) is 5.13. The fourth-order valence-electron chi connectivity index (χ4n) is 1.48. The molecule has 0 aliphatic rings. The Labute approximate surface area is 122 Å². The van der Waals surface area contributed by atoms with Crippen molar-refractivity contribution < 1.29 is 4.52 Å². The van der Waals surface area contributed by atoms with Gasteiger partial charge in [0.1, 0.15) is 10.6 Å². The van der Waals surface area contributed by atoms with Gasteiger partial charge in [0, 0.05) is 6.20 Å². The van der Waals surface area contributed by atoms with Gasteiger partial charge >= 0.3 is 0 Å². The number of pyridine rings is 1. The molecular formula is C11H6Cl2N4OS. The minimum absolute atomic E-state index is 0.296. The normalized spacial score (nSPS) is 10.8.